The third-order valence-corrected chi connectivity index (χ3v) is 3.63. The van der Waals surface area contributed by atoms with Gasteiger partial charge in [-0.1, -0.05) is 6.07 Å². The van der Waals surface area contributed by atoms with Crippen molar-refractivity contribution in [2.75, 3.05) is 0 Å². The van der Waals surface area contributed by atoms with E-state index in [-0.39, 0.29) is 17.8 Å². The average molecular weight is 322 g/mol. The van der Waals surface area contributed by atoms with Crippen LogP contribution >= 0.6 is 0 Å². The quantitative estimate of drug-likeness (QED) is 0.899. The van der Waals surface area contributed by atoms with E-state index in [0.717, 1.165) is 24.0 Å². The Labute approximate surface area is 135 Å². The normalized spacial score (nSPS) is 18.0. The number of benzene rings is 1. The van der Waals surface area contributed by atoms with Crippen LogP contribution in [-0.4, -0.2) is 23.6 Å². The monoisotopic (exact) mass is 322 g/mol. The fourth-order valence-corrected chi connectivity index (χ4v) is 2.58. The van der Waals surface area contributed by atoms with Crippen LogP contribution in [0.3, 0.4) is 0 Å². The molecule has 1 aliphatic carbocycles. The molecular formula is C17H23FN2O3. The summed E-state index contributed by atoms with van der Waals surface area (Å²) in [5, 5.41) is 5.40. The number of alkyl carbamates (subject to hydrolysis) is 1. The van der Waals surface area contributed by atoms with E-state index < -0.39 is 17.7 Å². The smallest absolute Gasteiger partial charge is 0.408 e. The summed E-state index contributed by atoms with van der Waals surface area (Å²) in [7, 11) is 0. The highest BCUT2D eigenvalue weighted by molar-refractivity contribution is 5.85. The van der Waals surface area contributed by atoms with Crippen LogP contribution in [0, 0.1) is 5.82 Å². The molecule has 5 nitrogen and oxygen atoms in total. The molecule has 6 heteroatoms. The lowest BCUT2D eigenvalue weighted by Crippen LogP contribution is -2.47. The van der Waals surface area contributed by atoms with Gasteiger partial charge < -0.3 is 15.4 Å². The highest BCUT2D eigenvalue weighted by atomic mass is 19.1. The molecular weight excluding hydrogens is 299 g/mol. The Morgan fingerprint density at radius 1 is 1.35 bits per heavy atom. The number of aryl methyl sites for hydroxylation is 1. The minimum absolute atomic E-state index is 0.152. The van der Waals surface area contributed by atoms with E-state index in [1.807, 2.05) is 0 Å². The van der Waals surface area contributed by atoms with Crippen LogP contribution in [0.15, 0.2) is 18.2 Å². The van der Waals surface area contributed by atoms with Crippen molar-refractivity contribution in [3.63, 3.8) is 0 Å². The van der Waals surface area contributed by atoms with Crippen molar-refractivity contribution < 1.29 is 18.7 Å². The number of hydrogen-bond donors (Lipinski definition) is 2. The van der Waals surface area contributed by atoms with Gasteiger partial charge in [-0.2, -0.15) is 0 Å². The third kappa shape index (κ3) is 4.68. The number of carbonyl (C=O) groups excluding carboxylic acids is 2. The summed E-state index contributed by atoms with van der Waals surface area (Å²) in [6, 6.07) is 3.74. The molecule has 0 radical (unpaired) electrons. The van der Waals surface area contributed by atoms with Crippen LogP contribution in [0.5, 0.6) is 0 Å². The van der Waals surface area contributed by atoms with E-state index in [1.54, 1.807) is 33.8 Å². The van der Waals surface area contributed by atoms with E-state index in [0.29, 0.717) is 0 Å². The molecule has 0 fully saturated rings. The highest BCUT2D eigenvalue weighted by Crippen LogP contribution is 2.31. The molecule has 126 valence electrons. The van der Waals surface area contributed by atoms with Crippen molar-refractivity contribution in [1.82, 2.24) is 10.6 Å². The average Bonchev–Trinajstić information content (AvgIpc) is 2.78. The number of nitrogens with one attached hydrogen (secondary N) is 2. The lowest BCUT2D eigenvalue weighted by atomic mass is 10.1. The topological polar surface area (TPSA) is 67.4 Å². The van der Waals surface area contributed by atoms with Crippen LogP contribution in [0.4, 0.5) is 9.18 Å². The molecule has 0 unspecified atom stereocenters. The summed E-state index contributed by atoms with van der Waals surface area (Å²) >= 11 is 0. The molecule has 1 aromatic rings. The Hall–Kier alpha value is -2.11. The third-order valence-electron chi connectivity index (χ3n) is 3.63. The second kappa shape index (κ2) is 6.56. The van der Waals surface area contributed by atoms with E-state index in [4.69, 9.17) is 4.74 Å². The second-order valence-corrected chi connectivity index (χ2v) is 6.81. The van der Waals surface area contributed by atoms with Gasteiger partial charge in [0, 0.05) is 0 Å². The highest BCUT2D eigenvalue weighted by Gasteiger charge is 2.27. The van der Waals surface area contributed by atoms with Crippen molar-refractivity contribution in [2.24, 2.45) is 0 Å². The largest absolute Gasteiger partial charge is 0.444 e. The van der Waals surface area contributed by atoms with Gasteiger partial charge in [-0.25, -0.2) is 9.18 Å². The van der Waals surface area contributed by atoms with Crippen molar-refractivity contribution in [3.8, 4) is 0 Å². The lowest BCUT2D eigenvalue weighted by Gasteiger charge is -2.22. The molecule has 0 saturated heterocycles. The zero-order valence-corrected chi connectivity index (χ0v) is 13.9. The molecule has 2 N–H and O–H groups in total. The van der Waals surface area contributed by atoms with Crippen LogP contribution in [0.25, 0.3) is 0 Å². The van der Waals surface area contributed by atoms with Gasteiger partial charge in [0.25, 0.3) is 0 Å². The molecule has 0 spiro atoms. The summed E-state index contributed by atoms with van der Waals surface area (Å²) in [5.74, 6) is -0.561. The zero-order valence-electron chi connectivity index (χ0n) is 13.9. The number of fused-ring (bicyclic) bond motifs is 1. The Balaban J connectivity index is 1.92. The predicted octanol–water partition coefficient (Wildman–Crippen LogP) is 2.84. The van der Waals surface area contributed by atoms with E-state index in [1.165, 1.54) is 12.1 Å². The number of ether oxygens (including phenoxy) is 1. The fraction of sp³-hybridized carbons (Fsp3) is 0.529. The molecule has 2 atom stereocenters. The molecule has 2 rings (SSSR count). The van der Waals surface area contributed by atoms with Gasteiger partial charge >= 0.3 is 6.09 Å². The minimum Gasteiger partial charge on any atom is -0.444 e. The summed E-state index contributed by atoms with van der Waals surface area (Å²) in [6.07, 6.45) is 0.823. The first-order chi connectivity index (χ1) is 10.7. The van der Waals surface area contributed by atoms with E-state index in [2.05, 4.69) is 10.6 Å². The molecule has 0 heterocycles. The fourth-order valence-electron chi connectivity index (χ4n) is 2.58. The first-order valence-electron chi connectivity index (χ1n) is 7.74. The molecule has 1 aliphatic rings. The van der Waals surface area contributed by atoms with Gasteiger partial charge in [-0.3, -0.25) is 4.79 Å². The number of halogens is 1. The van der Waals surface area contributed by atoms with Crippen molar-refractivity contribution in [3.05, 3.63) is 35.1 Å². The molecule has 23 heavy (non-hydrogen) atoms. The standard InChI is InChI=1S/C17H23FN2O3/c1-10(19-16(22)23-17(2,3)4)15(21)20-14-8-5-11-9-12(18)6-7-13(11)14/h6-7,9-10,14H,5,8H2,1-4H3,(H,19,22)(H,20,21)/t10-,14+/m1/s1. The van der Waals surface area contributed by atoms with Crippen LogP contribution in [0.1, 0.15) is 51.3 Å². The molecule has 2 amide bonds. The van der Waals surface area contributed by atoms with Crippen LogP contribution < -0.4 is 10.6 Å². The summed E-state index contributed by atoms with van der Waals surface area (Å²) < 4.78 is 18.3. The van der Waals surface area contributed by atoms with Crippen LogP contribution in [0.2, 0.25) is 0 Å². The summed E-state index contributed by atoms with van der Waals surface area (Å²) in [4.78, 5) is 23.9. The van der Waals surface area contributed by atoms with Gasteiger partial charge in [0.1, 0.15) is 17.5 Å². The van der Waals surface area contributed by atoms with Crippen molar-refractivity contribution in [1.29, 1.82) is 0 Å². The summed E-state index contributed by atoms with van der Waals surface area (Å²) in [5.41, 5.74) is 1.24. The SMILES string of the molecule is C[C@@H](NC(=O)OC(C)(C)C)C(=O)N[C@H]1CCc2cc(F)ccc21. The first kappa shape index (κ1) is 17.2. The first-order valence-corrected chi connectivity index (χ1v) is 7.74. The van der Waals surface area contributed by atoms with E-state index >= 15 is 0 Å². The molecule has 0 bridgehead atoms. The van der Waals surface area contributed by atoms with Gasteiger partial charge in [-0.15, -0.1) is 0 Å². The maximum atomic E-state index is 13.2. The van der Waals surface area contributed by atoms with E-state index in [9.17, 15) is 14.0 Å². The second-order valence-electron chi connectivity index (χ2n) is 6.81. The van der Waals surface area contributed by atoms with Crippen molar-refractivity contribution >= 4 is 12.0 Å². The molecule has 0 saturated carbocycles. The van der Waals surface area contributed by atoms with Gasteiger partial charge in [-0.05, 0) is 63.8 Å². The van der Waals surface area contributed by atoms with Crippen LogP contribution in [-0.2, 0) is 16.0 Å². The van der Waals surface area contributed by atoms with Gasteiger partial charge in [0.2, 0.25) is 5.91 Å². The number of rotatable bonds is 3. The number of amides is 2. The number of hydrogen-bond acceptors (Lipinski definition) is 3. The predicted molar refractivity (Wildman–Crippen MR) is 84.4 cm³/mol. The Morgan fingerprint density at radius 2 is 2.04 bits per heavy atom. The van der Waals surface area contributed by atoms with Crippen molar-refractivity contribution in [2.45, 2.75) is 58.2 Å². The summed E-state index contributed by atoms with van der Waals surface area (Å²) in [6.45, 7) is 6.86. The lowest BCUT2D eigenvalue weighted by molar-refractivity contribution is -0.123. The molecule has 0 aromatic heterocycles. The molecule has 1 aromatic carbocycles. The Kier molecular flexibility index (Phi) is 4.92. The maximum Gasteiger partial charge on any atom is 0.408 e. The van der Waals surface area contributed by atoms with Gasteiger partial charge in [0.15, 0.2) is 0 Å². The zero-order chi connectivity index (χ0) is 17.2. The number of carbonyl (C=O) groups is 2. The molecule has 0 aliphatic heterocycles. The Bertz CT molecular complexity index is 610. The Morgan fingerprint density at radius 3 is 2.70 bits per heavy atom. The minimum atomic E-state index is -0.714. The van der Waals surface area contributed by atoms with Gasteiger partial charge in [0.05, 0.1) is 6.04 Å². The maximum absolute atomic E-state index is 13.2.